The van der Waals surface area contributed by atoms with Crippen LogP contribution in [0.5, 0.6) is 17.2 Å². The Bertz CT molecular complexity index is 859. The topological polar surface area (TPSA) is 55.8 Å². The molecule has 1 N–H and O–H groups in total. The number of fused-ring (bicyclic) bond motifs is 1. The number of ether oxygens (including phenoxy) is 2. The second kappa shape index (κ2) is 5.96. The lowest BCUT2D eigenvalue weighted by Gasteiger charge is -2.07. The van der Waals surface area contributed by atoms with Gasteiger partial charge in [-0.05, 0) is 35.9 Å². The molecule has 0 amide bonds. The zero-order valence-electron chi connectivity index (χ0n) is 11.7. The van der Waals surface area contributed by atoms with Gasteiger partial charge in [-0.1, -0.05) is 34.8 Å². The molecule has 4 nitrogen and oxygen atoms in total. The number of Topliss-reactive ketones (excluding diaryl/α,β-unsaturated/α-hetero) is 1. The Balaban J connectivity index is 2.05. The molecule has 0 atom stereocenters. The number of ketones is 1. The number of halogens is 3. The van der Waals surface area contributed by atoms with Gasteiger partial charge in [-0.25, -0.2) is 0 Å². The summed E-state index contributed by atoms with van der Waals surface area (Å²) in [5, 5.41) is 10.4. The third-order valence-electron chi connectivity index (χ3n) is 3.26. The summed E-state index contributed by atoms with van der Waals surface area (Å²) < 4.78 is 10.6. The van der Waals surface area contributed by atoms with Crippen LogP contribution in [0.3, 0.4) is 0 Å². The Labute approximate surface area is 146 Å². The number of carbonyl (C=O) groups excluding carboxylic acids is 1. The van der Waals surface area contributed by atoms with E-state index in [-0.39, 0.29) is 38.8 Å². The molecule has 23 heavy (non-hydrogen) atoms. The first kappa shape index (κ1) is 16.0. The Morgan fingerprint density at radius 1 is 1.13 bits per heavy atom. The van der Waals surface area contributed by atoms with E-state index in [1.807, 2.05) is 0 Å². The lowest BCUT2D eigenvalue weighted by molar-refractivity contribution is 0.101. The van der Waals surface area contributed by atoms with E-state index in [1.165, 1.54) is 37.5 Å². The summed E-state index contributed by atoms with van der Waals surface area (Å²) in [6.07, 6.45) is 1.49. The number of phenolic OH excluding ortho intramolecular Hbond substituents is 1. The summed E-state index contributed by atoms with van der Waals surface area (Å²) in [6.45, 7) is 0. The molecule has 2 aromatic carbocycles. The van der Waals surface area contributed by atoms with Crippen molar-refractivity contribution in [3.05, 3.63) is 56.2 Å². The van der Waals surface area contributed by atoms with Gasteiger partial charge in [0.05, 0.1) is 22.7 Å². The Kier molecular flexibility index (Phi) is 4.15. The standard InChI is InChI=1S/C16H9Cl3O4/c1-22-12-3-7(2-10(18)15(12)21)4-13-14(20)9-5-8(17)6-11(19)16(9)23-13/h2-6,21H,1H3. The zero-order valence-corrected chi connectivity index (χ0v) is 14.0. The smallest absolute Gasteiger partial charge is 0.232 e. The van der Waals surface area contributed by atoms with Crippen LogP contribution in [-0.4, -0.2) is 18.0 Å². The molecular weight excluding hydrogens is 363 g/mol. The van der Waals surface area contributed by atoms with Gasteiger partial charge < -0.3 is 14.6 Å². The Hall–Kier alpha value is -1.88. The summed E-state index contributed by atoms with van der Waals surface area (Å²) in [4.78, 5) is 12.4. The molecule has 0 saturated carbocycles. The van der Waals surface area contributed by atoms with Gasteiger partial charge in [0.1, 0.15) is 0 Å². The number of benzene rings is 2. The highest BCUT2D eigenvalue weighted by molar-refractivity contribution is 6.37. The van der Waals surface area contributed by atoms with Gasteiger partial charge in [-0.3, -0.25) is 4.79 Å². The predicted molar refractivity (Wildman–Crippen MR) is 89.1 cm³/mol. The average Bonchev–Trinajstić information content (AvgIpc) is 2.80. The van der Waals surface area contributed by atoms with Gasteiger partial charge in [0.2, 0.25) is 5.78 Å². The van der Waals surface area contributed by atoms with E-state index in [2.05, 4.69) is 0 Å². The van der Waals surface area contributed by atoms with Crippen molar-refractivity contribution in [2.45, 2.75) is 0 Å². The van der Waals surface area contributed by atoms with E-state index in [4.69, 9.17) is 44.3 Å². The molecule has 0 spiro atoms. The molecule has 0 saturated heterocycles. The second-order valence-corrected chi connectivity index (χ2v) is 6.01. The molecule has 0 fully saturated rings. The summed E-state index contributed by atoms with van der Waals surface area (Å²) in [5.41, 5.74) is 0.827. The molecule has 0 aromatic heterocycles. The van der Waals surface area contributed by atoms with Gasteiger partial charge in [0.15, 0.2) is 23.0 Å². The third-order valence-corrected chi connectivity index (χ3v) is 4.04. The molecule has 1 aliphatic rings. The van der Waals surface area contributed by atoms with Crippen molar-refractivity contribution in [3.63, 3.8) is 0 Å². The molecular formula is C16H9Cl3O4. The highest BCUT2D eigenvalue weighted by atomic mass is 35.5. The van der Waals surface area contributed by atoms with Gasteiger partial charge in [-0.15, -0.1) is 0 Å². The van der Waals surface area contributed by atoms with Crippen LogP contribution in [0.2, 0.25) is 15.1 Å². The average molecular weight is 372 g/mol. The number of methoxy groups -OCH3 is 1. The Morgan fingerprint density at radius 3 is 2.57 bits per heavy atom. The van der Waals surface area contributed by atoms with Crippen LogP contribution in [0.25, 0.3) is 6.08 Å². The number of hydrogen-bond acceptors (Lipinski definition) is 4. The van der Waals surface area contributed by atoms with Gasteiger partial charge in [-0.2, -0.15) is 0 Å². The molecule has 118 valence electrons. The minimum atomic E-state index is -0.340. The molecule has 7 heteroatoms. The van der Waals surface area contributed by atoms with Crippen molar-refractivity contribution in [3.8, 4) is 17.2 Å². The van der Waals surface area contributed by atoms with Crippen LogP contribution in [-0.2, 0) is 0 Å². The fraction of sp³-hybridized carbons (Fsp3) is 0.0625. The first-order valence-corrected chi connectivity index (χ1v) is 7.54. The first-order chi connectivity index (χ1) is 10.9. The van der Waals surface area contributed by atoms with Crippen LogP contribution in [0, 0.1) is 0 Å². The van der Waals surface area contributed by atoms with Crippen LogP contribution in [0.15, 0.2) is 30.0 Å². The molecule has 0 aliphatic carbocycles. The summed E-state index contributed by atoms with van der Waals surface area (Å²) in [5.74, 6) is 0.0196. The van der Waals surface area contributed by atoms with Crippen molar-refractivity contribution >= 4 is 46.7 Å². The van der Waals surface area contributed by atoms with Crippen LogP contribution in [0.4, 0.5) is 0 Å². The zero-order chi connectivity index (χ0) is 16.7. The lowest BCUT2D eigenvalue weighted by atomic mass is 10.1. The maximum absolute atomic E-state index is 12.4. The normalized spacial score (nSPS) is 14.8. The number of aromatic hydroxyl groups is 1. The second-order valence-electron chi connectivity index (χ2n) is 4.76. The summed E-state index contributed by atoms with van der Waals surface area (Å²) in [7, 11) is 1.40. The van der Waals surface area contributed by atoms with Crippen LogP contribution >= 0.6 is 34.8 Å². The molecule has 2 aromatic rings. The van der Waals surface area contributed by atoms with E-state index < -0.39 is 0 Å². The number of rotatable bonds is 2. The third kappa shape index (κ3) is 2.85. The molecule has 1 heterocycles. The van der Waals surface area contributed by atoms with Crippen LogP contribution < -0.4 is 9.47 Å². The fourth-order valence-electron chi connectivity index (χ4n) is 2.20. The fourth-order valence-corrected chi connectivity index (χ4v) is 2.95. The molecule has 0 bridgehead atoms. The minimum Gasteiger partial charge on any atom is -0.503 e. The first-order valence-electron chi connectivity index (χ1n) is 6.40. The minimum absolute atomic E-state index is 0.0768. The van der Waals surface area contributed by atoms with Gasteiger partial charge in [0.25, 0.3) is 0 Å². The number of phenols is 1. The largest absolute Gasteiger partial charge is 0.503 e. The van der Waals surface area contributed by atoms with Crippen molar-refractivity contribution < 1.29 is 19.4 Å². The highest BCUT2D eigenvalue weighted by Gasteiger charge is 2.30. The molecule has 0 radical (unpaired) electrons. The SMILES string of the molecule is COc1cc(C=C2Oc3c(Cl)cc(Cl)cc3C2=O)cc(Cl)c1O. The van der Waals surface area contributed by atoms with Crippen molar-refractivity contribution in [1.82, 2.24) is 0 Å². The summed E-state index contributed by atoms with van der Waals surface area (Å²) in [6, 6.07) is 6.01. The van der Waals surface area contributed by atoms with E-state index in [9.17, 15) is 9.90 Å². The van der Waals surface area contributed by atoms with Crippen molar-refractivity contribution in [2.75, 3.05) is 7.11 Å². The molecule has 0 unspecified atom stereocenters. The summed E-state index contributed by atoms with van der Waals surface area (Å²) >= 11 is 17.9. The number of carbonyl (C=O) groups is 1. The van der Waals surface area contributed by atoms with Gasteiger partial charge >= 0.3 is 0 Å². The van der Waals surface area contributed by atoms with E-state index in [1.54, 1.807) is 0 Å². The van der Waals surface area contributed by atoms with Crippen molar-refractivity contribution in [2.24, 2.45) is 0 Å². The predicted octanol–water partition coefficient (Wildman–Crippen LogP) is 4.98. The number of allylic oxidation sites excluding steroid dienone is 1. The quantitative estimate of drug-likeness (QED) is 0.757. The van der Waals surface area contributed by atoms with Gasteiger partial charge in [0, 0.05) is 5.02 Å². The van der Waals surface area contributed by atoms with E-state index in [0.717, 1.165) is 0 Å². The van der Waals surface area contributed by atoms with E-state index >= 15 is 0 Å². The maximum atomic E-state index is 12.4. The lowest BCUT2D eigenvalue weighted by Crippen LogP contribution is -1.98. The Morgan fingerprint density at radius 2 is 1.87 bits per heavy atom. The molecule has 3 rings (SSSR count). The monoisotopic (exact) mass is 370 g/mol. The van der Waals surface area contributed by atoms with Crippen LogP contribution in [0.1, 0.15) is 15.9 Å². The molecule has 1 aliphatic heterocycles. The van der Waals surface area contributed by atoms with E-state index in [0.29, 0.717) is 16.1 Å². The van der Waals surface area contributed by atoms with Crippen molar-refractivity contribution in [1.29, 1.82) is 0 Å². The highest BCUT2D eigenvalue weighted by Crippen LogP contribution is 2.41. The number of hydrogen-bond donors (Lipinski definition) is 1. The maximum Gasteiger partial charge on any atom is 0.232 e.